The lowest BCUT2D eigenvalue weighted by molar-refractivity contribution is -0.305. The molecule has 1 saturated heterocycles. The van der Waals surface area contributed by atoms with Gasteiger partial charge in [0, 0.05) is 12.8 Å². The summed E-state index contributed by atoms with van der Waals surface area (Å²) in [5.41, 5.74) is 0. The molecule has 1 aliphatic heterocycles. The lowest BCUT2D eigenvalue weighted by Crippen LogP contribution is -2.59. The molecule has 0 saturated carbocycles. The van der Waals surface area contributed by atoms with Gasteiger partial charge in [-0.3, -0.25) is 9.59 Å². The van der Waals surface area contributed by atoms with Crippen molar-refractivity contribution in [1.82, 2.24) is 0 Å². The van der Waals surface area contributed by atoms with E-state index in [1.165, 1.54) is 96.3 Å². The molecule has 6 atom stereocenters. The summed E-state index contributed by atoms with van der Waals surface area (Å²) in [4.78, 5) is 25.1. The smallest absolute Gasteiger partial charge is 0.306 e. The van der Waals surface area contributed by atoms with Crippen LogP contribution in [-0.2, 0) is 28.5 Å². The molecule has 0 spiro atoms. The minimum Gasteiger partial charge on any atom is -0.462 e. The molecule has 0 aromatic heterocycles. The van der Waals surface area contributed by atoms with Gasteiger partial charge in [-0.1, -0.05) is 142 Å². The number of ether oxygens (including phenoxy) is 4. The number of carbonyl (C=O) groups is 2. The number of carbonyl (C=O) groups excluding carboxylic acids is 2. The molecule has 1 fully saturated rings. The van der Waals surface area contributed by atoms with Crippen molar-refractivity contribution in [3.8, 4) is 0 Å². The Hall–Kier alpha value is -1.30. The molecule has 2 unspecified atom stereocenters. The monoisotopic (exact) mass is 674 g/mol. The Labute approximate surface area is 285 Å². The van der Waals surface area contributed by atoms with Crippen molar-refractivity contribution in [2.75, 3.05) is 19.8 Å². The summed E-state index contributed by atoms with van der Waals surface area (Å²) in [5, 5.41) is 39.8. The van der Waals surface area contributed by atoms with Crippen LogP contribution in [0.4, 0.5) is 0 Å². The number of aliphatic hydroxyl groups is 4. The highest BCUT2D eigenvalue weighted by atomic mass is 16.7. The molecule has 278 valence electrons. The zero-order valence-corrected chi connectivity index (χ0v) is 29.8. The molecule has 0 amide bonds. The maximum Gasteiger partial charge on any atom is 0.306 e. The molecule has 0 radical (unpaired) electrons. The Morgan fingerprint density at radius 1 is 0.574 bits per heavy atom. The van der Waals surface area contributed by atoms with Crippen LogP contribution in [0.3, 0.4) is 0 Å². The Bertz CT molecular complexity index is 749. The van der Waals surface area contributed by atoms with E-state index in [1.54, 1.807) is 0 Å². The Kier molecular flexibility index (Phi) is 27.5. The number of hydrogen-bond acceptors (Lipinski definition) is 10. The average Bonchev–Trinajstić information content (AvgIpc) is 3.06. The Morgan fingerprint density at radius 2 is 1.00 bits per heavy atom. The van der Waals surface area contributed by atoms with Crippen LogP contribution in [0.5, 0.6) is 0 Å². The van der Waals surface area contributed by atoms with Crippen LogP contribution in [0.15, 0.2) is 0 Å². The van der Waals surface area contributed by atoms with Crippen molar-refractivity contribution in [3.63, 3.8) is 0 Å². The molecule has 4 N–H and O–H groups in total. The third kappa shape index (κ3) is 22.1. The maximum atomic E-state index is 12.7. The predicted molar refractivity (Wildman–Crippen MR) is 183 cm³/mol. The highest BCUT2D eigenvalue weighted by molar-refractivity contribution is 5.70. The minimum absolute atomic E-state index is 0.210. The summed E-state index contributed by atoms with van der Waals surface area (Å²) in [6.07, 6.45) is 18.3. The van der Waals surface area contributed by atoms with E-state index in [4.69, 9.17) is 18.9 Å². The van der Waals surface area contributed by atoms with Gasteiger partial charge in [0.25, 0.3) is 0 Å². The third-order valence-electron chi connectivity index (χ3n) is 8.99. The summed E-state index contributed by atoms with van der Waals surface area (Å²) >= 11 is 0. The lowest BCUT2D eigenvalue weighted by Gasteiger charge is -2.39. The first-order valence-corrected chi connectivity index (χ1v) is 19.1. The van der Waals surface area contributed by atoms with Gasteiger partial charge < -0.3 is 39.4 Å². The zero-order chi connectivity index (χ0) is 34.5. The van der Waals surface area contributed by atoms with Gasteiger partial charge in [0.1, 0.15) is 31.0 Å². The van der Waals surface area contributed by atoms with Gasteiger partial charge in [-0.25, -0.2) is 0 Å². The van der Waals surface area contributed by atoms with Gasteiger partial charge in [-0.05, 0) is 12.8 Å². The predicted octanol–water partition coefficient (Wildman–Crippen LogP) is 6.66. The Balaban J connectivity index is 2.40. The largest absolute Gasteiger partial charge is 0.462 e. The lowest BCUT2D eigenvalue weighted by atomic mass is 9.99. The van der Waals surface area contributed by atoms with Crippen LogP contribution in [0.2, 0.25) is 0 Å². The van der Waals surface area contributed by atoms with E-state index in [9.17, 15) is 30.0 Å². The van der Waals surface area contributed by atoms with Crippen molar-refractivity contribution in [3.05, 3.63) is 0 Å². The number of unbranched alkanes of at least 4 members (excludes halogenated alkanes) is 20. The quantitative estimate of drug-likeness (QED) is 0.0464. The molecule has 1 heterocycles. The van der Waals surface area contributed by atoms with Crippen molar-refractivity contribution >= 4 is 11.9 Å². The second-order valence-corrected chi connectivity index (χ2v) is 13.4. The van der Waals surface area contributed by atoms with Gasteiger partial charge in [0.2, 0.25) is 0 Å². The van der Waals surface area contributed by atoms with Crippen LogP contribution >= 0.6 is 0 Å². The van der Waals surface area contributed by atoms with Crippen LogP contribution < -0.4 is 0 Å². The van der Waals surface area contributed by atoms with Crippen LogP contribution in [0.1, 0.15) is 168 Å². The topological polar surface area (TPSA) is 152 Å². The van der Waals surface area contributed by atoms with Gasteiger partial charge in [0.15, 0.2) is 12.4 Å². The average molecular weight is 675 g/mol. The first-order chi connectivity index (χ1) is 22.8. The van der Waals surface area contributed by atoms with E-state index >= 15 is 0 Å². The van der Waals surface area contributed by atoms with Gasteiger partial charge >= 0.3 is 11.9 Å². The first-order valence-electron chi connectivity index (χ1n) is 19.1. The van der Waals surface area contributed by atoms with Gasteiger partial charge in [-0.15, -0.1) is 0 Å². The van der Waals surface area contributed by atoms with Gasteiger partial charge in [0.05, 0.1) is 13.2 Å². The van der Waals surface area contributed by atoms with E-state index in [-0.39, 0.29) is 32.0 Å². The Morgan fingerprint density at radius 3 is 1.45 bits per heavy atom. The molecule has 0 bridgehead atoms. The summed E-state index contributed by atoms with van der Waals surface area (Å²) in [7, 11) is 0. The first kappa shape index (κ1) is 43.7. The van der Waals surface area contributed by atoms with Crippen molar-refractivity contribution in [2.45, 2.75) is 205 Å². The minimum atomic E-state index is -1.59. The fourth-order valence-electron chi connectivity index (χ4n) is 5.89. The summed E-state index contributed by atoms with van der Waals surface area (Å²) in [6, 6.07) is 0. The van der Waals surface area contributed by atoms with Gasteiger partial charge in [-0.2, -0.15) is 0 Å². The fraction of sp³-hybridized carbons (Fsp3) is 0.946. The second kappa shape index (κ2) is 29.6. The van der Waals surface area contributed by atoms with Crippen molar-refractivity contribution in [1.29, 1.82) is 0 Å². The molecule has 1 rings (SSSR count). The zero-order valence-electron chi connectivity index (χ0n) is 29.8. The van der Waals surface area contributed by atoms with E-state index in [0.29, 0.717) is 6.42 Å². The van der Waals surface area contributed by atoms with Crippen molar-refractivity contribution in [2.24, 2.45) is 0 Å². The molecule has 0 aromatic rings. The highest BCUT2D eigenvalue weighted by Gasteiger charge is 2.44. The molecule has 1 aliphatic rings. The fourth-order valence-corrected chi connectivity index (χ4v) is 5.89. The normalized spacial score (nSPS) is 21.9. The van der Waals surface area contributed by atoms with E-state index in [2.05, 4.69) is 13.8 Å². The number of hydrogen-bond donors (Lipinski definition) is 4. The summed E-state index contributed by atoms with van der Waals surface area (Å²) < 4.78 is 22.0. The molecule has 10 heteroatoms. The third-order valence-corrected chi connectivity index (χ3v) is 8.99. The van der Waals surface area contributed by atoms with E-state index < -0.39 is 49.4 Å². The number of aliphatic hydroxyl groups excluding tert-OH is 4. The molecular weight excluding hydrogens is 604 g/mol. The SMILES string of the molecule is CCCCCCCCCCCCCCC(=O)O[C@H](COC(=O)CCCCCCCCCCCC)CO[C@@H]1O[C@H](CO)[C@H](O)C(O)C1O. The molecule has 0 aromatic carbocycles. The standard InChI is InChI=1S/C37H70O10/c1-3-5-7-9-11-13-15-16-18-20-22-24-26-33(40)46-30(29-45-37-36(43)35(42)34(41)31(27-38)47-37)28-44-32(39)25-23-21-19-17-14-12-10-8-6-4-2/h30-31,34-38,41-43H,3-29H2,1-2H3/t30-,31-,34+,35?,36?,37-/m1/s1. The van der Waals surface area contributed by atoms with E-state index in [0.717, 1.165) is 38.5 Å². The molecule has 0 aliphatic carbocycles. The molecule has 10 nitrogen and oxygen atoms in total. The van der Waals surface area contributed by atoms with Crippen LogP contribution in [-0.4, -0.2) is 89.0 Å². The summed E-state index contributed by atoms with van der Waals surface area (Å²) in [6.45, 7) is 3.39. The van der Waals surface area contributed by atoms with E-state index in [1.807, 2.05) is 0 Å². The highest BCUT2D eigenvalue weighted by Crippen LogP contribution is 2.22. The van der Waals surface area contributed by atoms with Crippen molar-refractivity contribution < 1.29 is 49.0 Å². The van der Waals surface area contributed by atoms with Crippen LogP contribution in [0, 0.1) is 0 Å². The second-order valence-electron chi connectivity index (χ2n) is 13.4. The maximum absolute atomic E-state index is 12.7. The molecular formula is C37H70O10. The number of rotatable bonds is 31. The molecule has 47 heavy (non-hydrogen) atoms. The number of esters is 2. The van der Waals surface area contributed by atoms with Crippen LogP contribution in [0.25, 0.3) is 0 Å². The summed E-state index contributed by atoms with van der Waals surface area (Å²) in [5.74, 6) is -0.801.